The van der Waals surface area contributed by atoms with Crippen molar-refractivity contribution in [2.24, 2.45) is 0 Å². The van der Waals surface area contributed by atoms with Crippen LogP contribution in [0.15, 0.2) is 46.5 Å². The summed E-state index contributed by atoms with van der Waals surface area (Å²) >= 11 is 1.38. The highest BCUT2D eigenvalue weighted by atomic mass is 32.1. The smallest absolute Gasteiger partial charge is 0.275 e. The van der Waals surface area contributed by atoms with Crippen molar-refractivity contribution in [3.05, 3.63) is 47.8 Å². The highest BCUT2D eigenvalue weighted by molar-refractivity contribution is 7.13. The molecular formula is C17H16N4O2S. The summed E-state index contributed by atoms with van der Waals surface area (Å²) in [6.45, 7) is 2.10. The lowest BCUT2D eigenvalue weighted by atomic mass is 10.3. The molecule has 1 aliphatic rings. The summed E-state index contributed by atoms with van der Waals surface area (Å²) in [5.41, 5.74) is 1.03. The molecule has 1 fully saturated rings. The van der Waals surface area contributed by atoms with E-state index in [2.05, 4.69) is 20.2 Å². The van der Waals surface area contributed by atoms with Crippen molar-refractivity contribution in [2.75, 3.05) is 23.3 Å². The summed E-state index contributed by atoms with van der Waals surface area (Å²) in [7, 11) is 0. The molecule has 3 aromatic heterocycles. The van der Waals surface area contributed by atoms with Gasteiger partial charge in [-0.2, -0.15) is 0 Å². The molecule has 0 unspecified atom stereocenters. The van der Waals surface area contributed by atoms with Crippen LogP contribution in [-0.2, 0) is 0 Å². The molecule has 0 radical (unpaired) electrons. The van der Waals surface area contributed by atoms with Crippen molar-refractivity contribution in [3.8, 4) is 10.8 Å². The van der Waals surface area contributed by atoms with Gasteiger partial charge in [-0.1, -0.05) is 0 Å². The summed E-state index contributed by atoms with van der Waals surface area (Å²) in [5.74, 6) is 1.37. The molecule has 122 valence electrons. The fourth-order valence-electron chi connectivity index (χ4n) is 2.68. The van der Waals surface area contributed by atoms with E-state index in [1.54, 1.807) is 23.9 Å². The topological polar surface area (TPSA) is 71.3 Å². The van der Waals surface area contributed by atoms with E-state index >= 15 is 0 Å². The third-order valence-electron chi connectivity index (χ3n) is 3.90. The predicted molar refractivity (Wildman–Crippen MR) is 93.5 cm³/mol. The quantitative estimate of drug-likeness (QED) is 0.785. The Morgan fingerprint density at radius 3 is 2.83 bits per heavy atom. The molecule has 1 N–H and O–H groups in total. The van der Waals surface area contributed by atoms with Gasteiger partial charge in [0.2, 0.25) is 0 Å². The normalized spacial score (nSPS) is 14.1. The van der Waals surface area contributed by atoms with Crippen molar-refractivity contribution in [2.45, 2.75) is 12.8 Å². The molecule has 4 heterocycles. The van der Waals surface area contributed by atoms with Crippen molar-refractivity contribution in [1.29, 1.82) is 0 Å². The second-order valence-electron chi connectivity index (χ2n) is 5.57. The van der Waals surface area contributed by atoms with Crippen molar-refractivity contribution < 1.29 is 9.21 Å². The Kier molecular flexibility index (Phi) is 4.00. The van der Waals surface area contributed by atoms with Gasteiger partial charge < -0.3 is 14.6 Å². The standard InChI is InChI=1S/C17H16N4O2S/c22-16(13-11-24-17(20-13)14-4-3-9-23-14)19-12-5-6-15(18-10-12)21-7-1-2-8-21/h3-6,9-11H,1-2,7-8H2,(H,19,22). The third-order valence-corrected chi connectivity index (χ3v) is 4.76. The fourth-order valence-corrected chi connectivity index (χ4v) is 3.45. The highest BCUT2D eigenvalue weighted by Gasteiger charge is 2.15. The maximum atomic E-state index is 12.3. The largest absolute Gasteiger partial charge is 0.462 e. The molecule has 4 rings (SSSR count). The van der Waals surface area contributed by atoms with Crippen LogP contribution in [0, 0.1) is 0 Å². The SMILES string of the molecule is O=C(Nc1ccc(N2CCCC2)nc1)c1csc(-c2ccco2)n1. The Bertz CT molecular complexity index is 821. The minimum atomic E-state index is -0.250. The molecular weight excluding hydrogens is 324 g/mol. The number of aromatic nitrogens is 2. The van der Waals surface area contributed by atoms with E-state index in [0.29, 0.717) is 22.1 Å². The van der Waals surface area contributed by atoms with E-state index in [1.165, 1.54) is 24.2 Å². The zero-order chi connectivity index (χ0) is 16.4. The summed E-state index contributed by atoms with van der Waals surface area (Å²) in [6.07, 6.45) is 5.69. The summed E-state index contributed by atoms with van der Waals surface area (Å²) in [6, 6.07) is 7.43. The van der Waals surface area contributed by atoms with Crippen LogP contribution in [0.3, 0.4) is 0 Å². The number of carbonyl (C=O) groups excluding carboxylic acids is 1. The Hall–Kier alpha value is -2.67. The van der Waals surface area contributed by atoms with E-state index < -0.39 is 0 Å². The number of nitrogens with zero attached hydrogens (tertiary/aromatic N) is 3. The van der Waals surface area contributed by atoms with Crippen molar-refractivity contribution in [3.63, 3.8) is 0 Å². The van der Waals surface area contributed by atoms with Gasteiger partial charge in [0.25, 0.3) is 5.91 Å². The average molecular weight is 340 g/mol. The molecule has 0 aliphatic carbocycles. The number of rotatable bonds is 4. The molecule has 0 atom stereocenters. The highest BCUT2D eigenvalue weighted by Crippen LogP contribution is 2.24. The molecule has 1 aliphatic heterocycles. The number of furan rings is 1. The van der Waals surface area contributed by atoms with Gasteiger partial charge in [0.1, 0.15) is 11.5 Å². The Labute approximate surface area is 143 Å². The van der Waals surface area contributed by atoms with Gasteiger partial charge in [-0.25, -0.2) is 9.97 Å². The average Bonchev–Trinajstić information content (AvgIpc) is 3.35. The number of thiazole rings is 1. The number of pyridine rings is 1. The lowest BCUT2D eigenvalue weighted by Gasteiger charge is -2.16. The van der Waals surface area contributed by atoms with E-state index in [9.17, 15) is 4.79 Å². The number of anilines is 2. The van der Waals surface area contributed by atoms with Crippen LogP contribution in [0.25, 0.3) is 10.8 Å². The first-order chi connectivity index (χ1) is 11.8. The molecule has 1 amide bonds. The molecule has 0 saturated carbocycles. The number of nitrogens with one attached hydrogen (secondary N) is 1. The number of amides is 1. The Morgan fingerprint density at radius 2 is 2.12 bits per heavy atom. The van der Waals surface area contributed by atoms with Crippen LogP contribution in [-0.4, -0.2) is 29.0 Å². The minimum Gasteiger partial charge on any atom is -0.462 e. The molecule has 0 spiro atoms. The van der Waals surface area contributed by atoms with Crippen LogP contribution in [0.5, 0.6) is 0 Å². The van der Waals surface area contributed by atoms with Gasteiger partial charge in [0, 0.05) is 18.5 Å². The maximum absolute atomic E-state index is 12.3. The lowest BCUT2D eigenvalue weighted by molar-refractivity contribution is 0.102. The first-order valence-electron chi connectivity index (χ1n) is 7.81. The molecule has 3 aromatic rings. The van der Waals surface area contributed by atoms with Crippen LogP contribution in [0.4, 0.5) is 11.5 Å². The first-order valence-corrected chi connectivity index (χ1v) is 8.69. The summed E-state index contributed by atoms with van der Waals surface area (Å²) < 4.78 is 5.29. The monoisotopic (exact) mass is 340 g/mol. The molecule has 1 saturated heterocycles. The fraction of sp³-hybridized carbons (Fsp3) is 0.235. The van der Waals surface area contributed by atoms with Crippen molar-refractivity contribution in [1.82, 2.24) is 9.97 Å². The zero-order valence-corrected chi connectivity index (χ0v) is 13.8. The number of hydrogen-bond donors (Lipinski definition) is 1. The van der Waals surface area contributed by atoms with Gasteiger partial charge in [-0.15, -0.1) is 11.3 Å². The predicted octanol–water partition coefficient (Wildman–Crippen LogP) is 3.65. The lowest BCUT2D eigenvalue weighted by Crippen LogP contribution is -2.19. The van der Waals surface area contributed by atoms with Gasteiger partial charge >= 0.3 is 0 Å². The van der Waals surface area contributed by atoms with E-state index in [1.807, 2.05) is 18.2 Å². The zero-order valence-electron chi connectivity index (χ0n) is 12.9. The first kappa shape index (κ1) is 14.9. The minimum absolute atomic E-state index is 0.250. The molecule has 6 nitrogen and oxygen atoms in total. The number of carbonyl (C=O) groups is 1. The second kappa shape index (κ2) is 6.45. The third kappa shape index (κ3) is 3.03. The molecule has 24 heavy (non-hydrogen) atoms. The van der Waals surface area contributed by atoms with Gasteiger partial charge in [0.15, 0.2) is 10.8 Å². The molecule has 7 heteroatoms. The van der Waals surface area contributed by atoms with Crippen LogP contribution in [0.1, 0.15) is 23.3 Å². The second-order valence-corrected chi connectivity index (χ2v) is 6.43. The van der Waals surface area contributed by atoms with Crippen LogP contribution in [0.2, 0.25) is 0 Å². The Balaban J connectivity index is 1.44. The molecule has 0 aromatic carbocycles. The van der Waals surface area contributed by atoms with Gasteiger partial charge in [0.05, 0.1) is 18.1 Å². The summed E-state index contributed by atoms with van der Waals surface area (Å²) in [4.78, 5) is 23.3. The van der Waals surface area contributed by atoms with Gasteiger partial charge in [-0.05, 0) is 37.1 Å². The van der Waals surface area contributed by atoms with Crippen molar-refractivity contribution >= 4 is 28.7 Å². The van der Waals surface area contributed by atoms with Gasteiger partial charge in [-0.3, -0.25) is 4.79 Å². The van der Waals surface area contributed by atoms with E-state index in [-0.39, 0.29) is 5.91 Å². The van der Waals surface area contributed by atoms with Crippen LogP contribution >= 0.6 is 11.3 Å². The summed E-state index contributed by atoms with van der Waals surface area (Å²) in [5, 5.41) is 5.24. The van der Waals surface area contributed by atoms with E-state index in [4.69, 9.17) is 4.42 Å². The Morgan fingerprint density at radius 1 is 1.25 bits per heavy atom. The maximum Gasteiger partial charge on any atom is 0.275 e. The number of hydrogen-bond acceptors (Lipinski definition) is 6. The van der Waals surface area contributed by atoms with E-state index in [0.717, 1.165) is 18.9 Å². The van der Waals surface area contributed by atoms with Crippen LogP contribution < -0.4 is 10.2 Å². The molecule has 0 bridgehead atoms.